The largest absolute Gasteiger partial charge is 0.340 e. The standard InChI is InChI=1S/C21H23N5O/c1-15-4-5-16(2)18(12-15)25-20-13-19(23-14-24-20)21(27)26(3)11-8-17-6-9-22-10-7-17/h4-7,9-10,12-14H,8,11H2,1-3H3,(H,23,24,25). The Morgan fingerprint density at radius 1 is 1.07 bits per heavy atom. The Labute approximate surface area is 159 Å². The molecule has 0 fully saturated rings. The predicted molar refractivity (Wildman–Crippen MR) is 106 cm³/mol. The van der Waals surface area contributed by atoms with Crippen LogP contribution in [0, 0.1) is 13.8 Å². The lowest BCUT2D eigenvalue weighted by Gasteiger charge is -2.17. The average Bonchev–Trinajstić information content (AvgIpc) is 2.69. The molecule has 1 N–H and O–H groups in total. The maximum atomic E-state index is 12.7. The van der Waals surface area contributed by atoms with E-state index in [0.717, 1.165) is 28.8 Å². The summed E-state index contributed by atoms with van der Waals surface area (Å²) in [4.78, 5) is 26.8. The molecule has 0 atom stereocenters. The van der Waals surface area contributed by atoms with Gasteiger partial charge < -0.3 is 10.2 Å². The zero-order valence-corrected chi connectivity index (χ0v) is 15.8. The summed E-state index contributed by atoms with van der Waals surface area (Å²) in [5, 5.41) is 3.28. The van der Waals surface area contributed by atoms with Crippen LogP contribution >= 0.6 is 0 Å². The fraction of sp³-hybridized carbons (Fsp3) is 0.238. The summed E-state index contributed by atoms with van der Waals surface area (Å²) in [5.41, 5.74) is 4.75. The second-order valence-electron chi connectivity index (χ2n) is 6.56. The van der Waals surface area contributed by atoms with E-state index in [1.165, 1.54) is 6.33 Å². The number of aromatic nitrogens is 3. The first kappa shape index (κ1) is 18.5. The number of carbonyl (C=O) groups is 1. The lowest BCUT2D eigenvalue weighted by Crippen LogP contribution is -2.29. The molecule has 0 radical (unpaired) electrons. The van der Waals surface area contributed by atoms with E-state index in [1.807, 2.05) is 26.0 Å². The van der Waals surface area contributed by atoms with E-state index < -0.39 is 0 Å². The number of nitrogens with zero attached hydrogens (tertiary/aromatic N) is 4. The summed E-state index contributed by atoms with van der Waals surface area (Å²) in [5.74, 6) is 0.472. The van der Waals surface area contributed by atoms with Crippen LogP contribution in [0.5, 0.6) is 0 Å². The molecule has 0 aliphatic rings. The van der Waals surface area contributed by atoms with E-state index in [2.05, 4.69) is 38.5 Å². The molecule has 0 unspecified atom stereocenters. The number of nitrogens with one attached hydrogen (secondary N) is 1. The summed E-state index contributed by atoms with van der Waals surface area (Å²) in [6.45, 7) is 4.67. The summed E-state index contributed by atoms with van der Waals surface area (Å²) in [7, 11) is 1.78. The Hall–Kier alpha value is -3.28. The lowest BCUT2D eigenvalue weighted by atomic mass is 10.1. The summed E-state index contributed by atoms with van der Waals surface area (Å²) >= 11 is 0. The molecule has 0 aliphatic carbocycles. The van der Waals surface area contributed by atoms with Crippen molar-refractivity contribution in [1.82, 2.24) is 19.9 Å². The van der Waals surface area contributed by atoms with Gasteiger partial charge in [0.05, 0.1) is 0 Å². The highest BCUT2D eigenvalue weighted by molar-refractivity contribution is 5.92. The number of rotatable bonds is 6. The molecule has 6 nitrogen and oxygen atoms in total. The van der Waals surface area contributed by atoms with E-state index in [1.54, 1.807) is 30.4 Å². The predicted octanol–water partition coefficient (Wildman–Crippen LogP) is 3.55. The van der Waals surface area contributed by atoms with Gasteiger partial charge in [-0.1, -0.05) is 12.1 Å². The minimum atomic E-state index is -0.129. The molecule has 6 heteroatoms. The summed E-state index contributed by atoms with van der Waals surface area (Å²) < 4.78 is 0. The van der Waals surface area contributed by atoms with Gasteiger partial charge in [-0.05, 0) is 55.2 Å². The highest BCUT2D eigenvalue weighted by atomic mass is 16.2. The van der Waals surface area contributed by atoms with Crippen LogP contribution in [0.15, 0.2) is 55.1 Å². The number of hydrogen-bond donors (Lipinski definition) is 1. The Morgan fingerprint density at radius 3 is 2.63 bits per heavy atom. The molecular formula is C21H23N5O. The molecule has 0 bridgehead atoms. The van der Waals surface area contributed by atoms with E-state index in [-0.39, 0.29) is 5.91 Å². The second kappa shape index (κ2) is 8.40. The molecule has 0 spiro atoms. The molecule has 2 aromatic heterocycles. The lowest BCUT2D eigenvalue weighted by molar-refractivity contribution is 0.0790. The van der Waals surface area contributed by atoms with Crippen molar-refractivity contribution in [2.45, 2.75) is 20.3 Å². The molecule has 0 saturated heterocycles. The molecule has 0 saturated carbocycles. The van der Waals surface area contributed by atoms with Crippen LogP contribution in [0.4, 0.5) is 11.5 Å². The van der Waals surface area contributed by atoms with Crippen molar-refractivity contribution in [3.63, 3.8) is 0 Å². The van der Waals surface area contributed by atoms with Gasteiger partial charge in [0, 0.05) is 37.7 Å². The second-order valence-corrected chi connectivity index (χ2v) is 6.56. The Kier molecular flexibility index (Phi) is 5.76. The first-order valence-corrected chi connectivity index (χ1v) is 8.83. The monoisotopic (exact) mass is 361 g/mol. The fourth-order valence-electron chi connectivity index (χ4n) is 2.69. The van der Waals surface area contributed by atoms with Gasteiger partial charge in [-0.3, -0.25) is 9.78 Å². The van der Waals surface area contributed by atoms with Gasteiger partial charge in [-0.2, -0.15) is 0 Å². The minimum absolute atomic E-state index is 0.129. The molecule has 138 valence electrons. The molecular weight excluding hydrogens is 338 g/mol. The van der Waals surface area contributed by atoms with Gasteiger partial charge in [0.1, 0.15) is 17.8 Å². The summed E-state index contributed by atoms with van der Waals surface area (Å²) in [6.07, 6.45) is 5.69. The van der Waals surface area contributed by atoms with Crippen LogP contribution in [0.1, 0.15) is 27.2 Å². The Balaban J connectivity index is 1.68. The topological polar surface area (TPSA) is 71.0 Å². The number of benzene rings is 1. The number of pyridine rings is 1. The van der Waals surface area contributed by atoms with Crippen molar-refractivity contribution in [2.75, 3.05) is 18.9 Å². The number of likely N-dealkylation sites (N-methyl/N-ethyl adjacent to an activating group) is 1. The fourth-order valence-corrected chi connectivity index (χ4v) is 2.69. The number of carbonyl (C=O) groups excluding carboxylic acids is 1. The maximum Gasteiger partial charge on any atom is 0.272 e. The normalized spacial score (nSPS) is 10.5. The van der Waals surface area contributed by atoms with Crippen LogP contribution in [-0.2, 0) is 6.42 Å². The highest BCUT2D eigenvalue weighted by Gasteiger charge is 2.14. The molecule has 3 aromatic rings. The van der Waals surface area contributed by atoms with Crippen molar-refractivity contribution in [1.29, 1.82) is 0 Å². The number of hydrogen-bond acceptors (Lipinski definition) is 5. The SMILES string of the molecule is Cc1ccc(C)c(Nc2cc(C(=O)N(C)CCc3ccncc3)ncn2)c1. The Bertz CT molecular complexity index is 927. The minimum Gasteiger partial charge on any atom is -0.340 e. The molecule has 1 amide bonds. The van der Waals surface area contributed by atoms with Gasteiger partial charge in [-0.15, -0.1) is 0 Å². The van der Waals surface area contributed by atoms with Crippen LogP contribution in [-0.4, -0.2) is 39.4 Å². The van der Waals surface area contributed by atoms with Crippen LogP contribution in [0.3, 0.4) is 0 Å². The van der Waals surface area contributed by atoms with E-state index in [4.69, 9.17) is 0 Å². The Morgan fingerprint density at radius 2 is 1.85 bits per heavy atom. The van der Waals surface area contributed by atoms with Crippen LogP contribution in [0.2, 0.25) is 0 Å². The molecule has 2 heterocycles. The van der Waals surface area contributed by atoms with Crippen molar-refractivity contribution in [3.05, 3.63) is 77.5 Å². The van der Waals surface area contributed by atoms with Crippen LogP contribution in [0.25, 0.3) is 0 Å². The van der Waals surface area contributed by atoms with Crippen molar-refractivity contribution >= 4 is 17.4 Å². The smallest absolute Gasteiger partial charge is 0.272 e. The first-order chi connectivity index (χ1) is 13.0. The van der Waals surface area contributed by atoms with E-state index in [9.17, 15) is 4.79 Å². The summed E-state index contributed by atoms with van der Waals surface area (Å²) in [6, 6.07) is 11.8. The van der Waals surface area contributed by atoms with Gasteiger partial charge in [-0.25, -0.2) is 9.97 Å². The zero-order valence-electron chi connectivity index (χ0n) is 15.8. The highest BCUT2D eigenvalue weighted by Crippen LogP contribution is 2.20. The van der Waals surface area contributed by atoms with Gasteiger partial charge in [0.2, 0.25) is 0 Å². The first-order valence-electron chi connectivity index (χ1n) is 8.83. The number of aryl methyl sites for hydroxylation is 2. The van der Waals surface area contributed by atoms with Gasteiger partial charge >= 0.3 is 0 Å². The maximum absolute atomic E-state index is 12.7. The third-order valence-electron chi connectivity index (χ3n) is 4.37. The zero-order chi connectivity index (χ0) is 19.2. The number of anilines is 2. The molecule has 3 rings (SSSR count). The molecule has 27 heavy (non-hydrogen) atoms. The van der Waals surface area contributed by atoms with Crippen molar-refractivity contribution in [3.8, 4) is 0 Å². The average molecular weight is 361 g/mol. The third-order valence-corrected chi connectivity index (χ3v) is 4.37. The van der Waals surface area contributed by atoms with Crippen molar-refractivity contribution in [2.24, 2.45) is 0 Å². The molecule has 0 aliphatic heterocycles. The van der Waals surface area contributed by atoms with Gasteiger partial charge in [0.25, 0.3) is 5.91 Å². The number of amides is 1. The quantitative estimate of drug-likeness (QED) is 0.727. The van der Waals surface area contributed by atoms with Crippen molar-refractivity contribution < 1.29 is 4.79 Å². The van der Waals surface area contributed by atoms with Gasteiger partial charge in [0.15, 0.2) is 0 Å². The van der Waals surface area contributed by atoms with E-state index >= 15 is 0 Å². The van der Waals surface area contributed by atoms with E-state index in [0.29, 0.717) is 18.1 Å². The van der Waals surface area contributed by atoms with Crippen LogP contribution < -0.4 is 5.32 Å². The molecule has 1 aromatic carbocycles. The third kappa shape index (κ3) is 4.88.